The summed E-state index contributed by atoms with van der Waals surface area (Å²) in [6.07, 6.45) is 3.30. The molecule has 3 heterocycles. The van der Waals surface area contributed by atoms with Gasteiger partial charge in [0.15, 0.2) is 23.3 Å². The van der Waals surface area contributed by atoms with E-state index in [1.54, 1.807) is 30.6 Å². The van der Waals surface area contributed by atoms with Crippen LogP contribution in [-0.4, -0.2) is 75.2 Å². The summed E-state index contributed by atoms with van der Waals surface area (Å²) < 4.78 is 42.5. The average Bonchev–Trinajstić information content (AvgIpc) is 2.98. The van der Waals surface area contributed by atoms with Crippen LogP contribution in [0.25, 0.3) is 22.6 Å². The van der Waals surface area contributed by atoms with Crippen LogP contribution in [0.15, 0.2) is 65.7 Å². The number of aromatic nitrogens is 4. The lowest BCUT2D eigenvalue weighted by molar-refractivity contribution is -0.122. The first-order chi connectivity index (χ1) is 19.8. The zero-order valence-electron chi connectivity index (χ0n) is 22.4. The van der Waals surface area contributed by atoms with Gasteiger partial charge in [-0.15, -0.1) is 0 Å². The van der Waals surface area contributed by atoms with Crippen molar-refractivity contribution >= 4 is 5.91 Å². The molecule has 0 aliphatic carbocycles. The molecule has 41 heavy (non-hydrogen) atoms. The van der Waals surface area contributed by atoms with E-state index in [-0.39, 0.29) is 23.7 Å². The highest BCUT2D eigenvalue weighted by atomic mass is 19.2. The molecule has 2 aromatic carbocycles. The van der Waals surface area contributed by atoms with E-state index in [0.29, 0.717) is 30.0 Å². The number of piperazine rings is 1. The second-order valence-electron chi connectivity index (χ2n) is 9.91. The van der Waals surface area contributed by atoms with Crippen LogP contribution in [0.5, 0.6) is 0 Å². The number of nitrogens with zero attached hydrogens (tertiary/aromatic N) is 6. The molecule has 4 aromatic rings. The molecule has 1 fully saturated rings. The lowest BCUT2D eigenvalue weighted by Gasteiger charge is -2.31. The average molecular weight is 564 g/mol. The monoisotopic (exact) mass is 563 g/mol. The van der Waals surface area contributed by atoms with Gasteiger partial charge in [-0.25, -0.2) is 27.8 Å². The molecular formula is C29H28F3N7O2. The molecule has 0 atom stereocenters. The molecule has 0 spiro atoms. The highest BCUT2D eigenvalue weighted by Crippen LogP contribution is 2.24. The van der Waals surface area contributed by atoms with Gasteiger partial charge in [-0.05, 0) is 36.9 Å². The molecule has 0 radical (unpaired) electrons. The van der Waals surface area contributed by atoms with Crippen LogP contribution in [0.4, 0.5) is 13.2 Å². The molecule has 212 valence electrons. The summed E-state index contributed by atoms with van der Waals surface area (Å²) in [5.74, 6) is -3.88. The Hall–Kier alpha value is -4.42. The van der Waals surface area contributed by atoms with Gasteiger partial charge < -0.3 is 10.2 Å². The Kier molecular flexibility index (Phi) is 8.50. The normalized spacial score (nSPS) is 14.2. The Morgan fingerprint density at radius 1 is 0.927 bits per heavy atom. The summed E-state index contributed by atoms with van der Waals surface area (Å²) in [6, 6.07) is 11.5. The van der Waals surface area contributed by atoms with Crippen LogP contribution in [0.2, 0.25) is 0 Å². The van der Waals surface area contributed by atoms with Crippen molar-refractivity contribution in [3.8, 4) is 22.6 Å². The van der Waals surface area contributed by atoms with Crippen LogP contribution < -0.4 is 10.9 Å². The number of benzene rings is 2. The third-order valence-corrected chi connectivity index (χ3v) is 6.85. The number of nitrogens with one attached hydrogen (secondary N) is 1. The summed E-state index contributed by atoms with van der Waals surface area (Å²) in [5.41, 5.74) is 1.45. The van der Waals surface area contributed by atoms with Crippen molar-refractivity contribution in [1.29, 1.82) is 0 Å². The SMILES string of the molecule is CN1CCN(CC(=O)NCc2cnc(-c3cccc(Cn4nc(-c5ccc(F)c(F)c5F)ccc4=O)c3)nc2)CC1. The van der Waals surface area contributed by atoms with Gasteiger partial charge in [-0.2, -0.15) is 5.10 Å². The van der Waals surface area contributed by atoms with Gasteiger partial charge in [0.1, 0.15) is 0 Å². The van der Waals surface area contributed by atoms with E-state index in [2.05, 4.69) is 37.2 Å². The van der Waals surface area contributed by atoms with Gasteiger partial charge in [-0.1, -0.05) is 18.2 Å². The van der Waals surface area contributed by atoms with Crippen molar-refractivity contribution in [3.63, 3.8) is 0 Å². The van der Waals surface area contributed by atoms with E-state index in [4.69, 9.17) is 0 Å². The predicted molar refractivity (Wildman–Crippen MR) is 146 cm³/mol. The number of hydrogen-bond acceptors (Lipinski definition) is 7. The van der Waals surface area contributed by atoms with Gasteiger partial charge in [-0.3, -0.25) is 14.5 Å². The zero-order valence-corrected chi connectivity index (χ0v) is 22.4. The fraction of sp³-hybridized carbons (Fsp3) is 0.276. The summed E-state index contributed by atoms with van der Waals surface area (Å²) in [6.45, 7) is 4.34. The largest absolute Gasteiger partial charge is 0.351 e. The highest BCUT2D eigenvalue weighted by Gasteiger charge is 2.18. The maximum absolute atomic E-state index is 14.3. The summed E-state index contributed by atoms with van der Waals surface area (Å²) >= 11 is 0. The van der Waals surface area contributed by atoms with Gasteiger partial charge in [0, 0.05) is 67.9 Å². The maximum atomic E-state index is 14.3. The van der Waals surface area contributed by atoms with Crippen LogP contribution in [0.3, 0.4) is 0 Å². The van der Waals surface area contributed by atoms with Crippen molar-refractivity contribution in [1.82, 2.24) is 34.9 Å². The standard InChI is InChI=1S/C29H28F3N7O2/c1-37-9-11-38(12-10-37)18-25(40)33-14-20-15-34-29(35-16-20)21-4-2-3-19(13-21)17-39-26(41)8-7-24(36-39)22-5-6-23(30)28(32)27(22)31/h2-8,13,15-16H,9-12,14,17-18H2,1H3,(H,33,40). The molecule has 5 rings (SSSR count). The lowest BCUT2D eigenvalue weighted by Crippen LogP contribution is -2.48. The van der Waals surface area contributed by atoms with E-state index in [1.165, 1.54) is 12.1 Å². The highest BCUT2D eigenvalue weighted by molar-refractivity contribution is 5.78. The quantitative estimate of drug-likeness (QED) is 0.330. The topological polar surface area (TPSA) is 96.2 Å². The van der Waals surface area contributed by atoms with Gasteiger partial charge in [0.2, 0.25) is 5.91 Å². The first-order valence-corrected chi connectivity index (χ1v) is 13.1. The second-order valence-corrected chi connectivity index (χ2v) is 9.91. The fourth-order valence-corrected chi connectivity index (χ4v) is 4.47. The van der Waals surface area contributed by atoms with Crippen LogP contribution >= 0.6 is 0 Å². The van der Waals surface area contributed by atoms with E-state index in [0.717, 1.165) is 48.6 Å². The van der Waals surface area contributed by atoms with Gasteiger partial charge in [0.25, 0.3) is 5.56 Å². The molecule has 0 unspecified atom stereocenters. The number of likely N-dealkylation sites (N-methyl/N-ethyl adjacent to an activating group) is 1. The van der Waals surface area contributed by atoms with E-state index < -0.39 is 23.0 Å². The second kappa shape index (κ2) is 12.4. The molecule has 1 aliphatic rings. The van der Waals surface area contributed by atoms with E-state index in [1.807, 2.05) is 6.07 Å². The molecular weight excluding hydrogens is 535 g/mol. The molecule has 9 nitrogen and oxygen atoms in total. The Bertz CT molecular complexity index is 1600. The van der Waals surface area contributed by atoms with Crippen molar-refractivity contribution < 1.29 is 18.0 Å². The van der Waals surface area contributed by atoms with Crippen LogP contribution in [-0.2, 0) is 17.9 Å². The number of carbonyl (C=O) groups is 1. The van der Waals surface area contributed by atoms with Crippen LogP contribution in [0.1, 0.15) is 11.1 Å². The maximum Gasteiger partial charge on any atom is 0.267 e. The molecule has 1 aliphatic heterocycles. The van der Waals surface area contributed by atoms with Gasteiger partial charge >= 0.3 is 0 Å². The number of hydrogen-bond donors (Lipinski definition) is 1. The third kappa shape index (κ3) is 6.84. The Labute approximate surface area is 234 Å². The number of halogens is 3. The number of rotatable bonds is 8. The van der Waals surface area contributed by atoms with E-state index >= 15 is 0 Å². The molecule has 0 bridgehead atoms. The first kappa shape index (κ1) is 28.1. The number of amides is 1. The Morgan fingerprint density at radius 2 is 1.68 bits per heavy atom. The summed E-state index contributed by atoms with van der Waals surface area (Å²) in [5, 5.41) is 7.07. The van der Waals surface area contributed by atoms with Crippen molar-refractivity contribution in [3.05, 3.63) is 99.9 Å². The molecule has 0 saturated carbocycles. The lowest BCUT2D eigenvalue weighted by atomic mass is 10.1. The first-order valence-electron chi connectivity index (χ1n) is 13.1. The minimum Gasteiger partial charge on any atom is -0.351 e. The van der Waals surface area contributed by atoms with Crippen LogP contribution in [0, 0.1) is 17.5 Å². The zero-order chi connectivity index (χ0) is 28.9. The molecule has 1 saturated heterocycles. The predicted octanol–water partition coefficient (Wildman–Crippen LogP) is 2.70. The Balaban J connectivity index is 1.24. The molecule has 2 aromatic heterocycles. The summed E-state index contributed by atoms with van der Waals surface area (Å²) in [4.78, 5) is 38.0. The third-order valence-electron chi connectivity index (χ3n) is 6.85. The molecule has 1 amide bonds. The van der Waals surface area contributed by atoms with Crippen molar-refractivity contribution in [2.75, 3.05) is 39.8 Å². The fourth-order valence-electron chi connectivity index (χ4n) is 4.47. The minimum absolute atomic E-state index is 0.00768. The van der Waals surface area contributed by atoms with Gasteiger partial charge in [0.05, 0.1) is 18.8 Å². The van der Waals surface area contributed by atoms with E-state index in [9.17, 15) is 22.8 Å². The minimum atomic E-state index is -1.60. The number of carbonyl (C=O) groups excluding carboxylic acids is 1. The van der Waals surface area contributed by atoms with Crippen molar-refractivity contribution in [2.45, 2.75) is 13.1 Å². The summed E-state index contributed by atoms with van der Waals surface area (Å²) in [7, 11) is 2.07. The van der Waals surface area contributed by atoms with Crippen molar-refractivity contribution in [2.24, 2.45) is 0 Å². The smallest absolute Gasteiger partial charge is 0.267 e. The molecule has 1 N–H and O–H groups in total. The Morgan fingerprint density at radius 3 is 2.44 bits per heavy atom. The molecule has 12 heteroatoms.